The summed E-state index contributed by atoms with van der Waals surface area (Å²) in [7, 11) is 1.64. The number of pyridine rings is 2. The van der Waals surface area contributed by atoms with Crippen molar-refractivity contribution < 1.29 is 4.79 Å². The molecule has 6 heteroatoms. The Morgan fingerprint density at radius 1 is 1.04 bits per heavy atom. The van der Waals surface area contributed by atoms with Gasteiger partial charge < -0.3 is 5.73 Å². The molecule has 1 aliphatic heterocycles. The average molecular weight is 371 g/mol. The number of aryl methyl sites for hydroxylation is 1. The van der Waals surface area contributed by atoms with Crippen LogP contribution >= 0.6 is 0 Å². The number of likely N-dealkylation sites (N-methyl/N-ethyl adjacent to an activating group) is 1. The SMILES string of the molecule is CCc1ccc(C2(c3cccc(-c4cccnc4)c3)N=C(N)N(C)C2=O)cn1. The van der Waals surface area contributed by atoms with E-state index in [1.54, 1.807) is 25.6 Å². The Hall–Kier alpha value is -3.54. The van der Waals surface area contributed by atoms with E-state index in [4.69, 9.17) is 5.73 Å². The Bertz CT molecular complexity index is 1050. The minimum absolute atomic E-state index is 0.191. The first-order chi connectivity index (χ1) is 13.6. The van der Waals surface area contributed by atoms with Gasteiger partial charge in [-0.05, 0) is 41.3 Å². The summed E-state index contributed by atoms with van der Waals surface area (Å²) in [5, 5.41) is 0. The fourth-order valence-electron chi connectivity index (χ4n) is 3.49. The topological polar surface area (TPSA) is 84.5 Å². The number of nitrogens with zero attached hydrogens (tertiary/aromatic N) is 4. The zero-order valence-corrected chi connectivity index (χ0v) is 15.8. The van der Waals surface area contributed by atoms with E-state index in [0.717, 1.165) is 28.8 Å². The van der Waals surface area contributed by atoms with Crippen molar-refractivity contribution in [3.05, 3.63) is 83.9 Å². The van der Waals surface area contributed by atoms with Gasteiger partial charge in [-0.1, -0.05) is 37.3 Å². The molecule has 0 saturated carbocycles. The molecule has 4 rings (SSSR count). The Morgan fingerprint density at radius 2 is 1.86 bits per heavy atom. The molecule has 1 amide bonds. The lowest BCUT2D eigenvalue weighted by molar-refractivity contribution is -0.129. The molecule has 2 N–H and O–H groups in total. The first kappa shape index (κ1) is 17.9. The van der Waals surface area contributed by atoms with Crippen LogP contribution in [0.4, 0.5) is 0 Å². The van der Waals surface area contributed by atoms with Gasteiger partial charge in [0.25, 0.3) is 5.91 Å². The summed E-state index contributed by atoms with van der Waals surface area (Å²) in [6.07, 6.45) is 6.08. The van der Waals surface area contributed by atoms with Gasteiger partial charge in [-0.3, -0.25) is 19.7 Å². The predicted molar refractivity (Wildman–Crippen MR) is 108 cm³/mol. The molecule has 0 spiro atoms. The van der Waals surface area contributed by atoms with Crippen LogP contribution in [-0.2, 0) is 16.8 Å². The number of hydrogen-bond acceptors (Lipinski definition) is 5. The van der Waals surface area contributed by atoms with Gasteiger partial charge in [-0.2, -0.15) is 0 Å². The van der Waals surface area contributed by atoms with E-state index in [2.05, 4.69) is 15.0 Å². The molecule has 0 bridgehead atoms. The number of benzene rings is 1. The third kappa shape index (κ3) is 2.74. The van der Waals surface area contributed by atoms with E-state index in [-0.39, 0.29) is 11.9 Å². The summed E-state index contributed by atoms with van der Waals surface area (Å²) in [4.78, 5) is 28.0. The van der Waals surface area contributed by atoms with Gasteiger partial charge in [0.1, 0.15) is 0 Å². The number of aliphatic imine (C=N–C) groups is 1. The van der Waals surface area contributed by atoms with Crippen LogP contribution in [0, 0.1) is 0 Å². The molecular formula is C22H21N5O. The Balaban J connectivity index is 1.91. The first-order valence-electron chi connectivity index (χ1n) is 9.16. The molecule has 2 aromatic heterocycles. The second kappa shape index (κ2) is 6.88. The van der Waals surface area contributed by atoms with Gasteiger partial charge in [0.05, 0.1) is 0 Å². The van der Waals surface area contributed by atoms with Crippen LogP contribution in [0.15, 0.2) is 72.1 Å². The van der Waals surface area contributed by atoms with Gasteiger partial charge in [-0.25, -0.2) is 4.99 Å². The molecule has 3 aromatic rings. The molecule has 140 valence electrons. The summed E-state index contributed by atoms with van der Waals surface area (Å²) in [5.74, 6) is -0.00395. The monoisotopic (exact) mass is 371 g/mol. The van der Waals surface area contributed by atoms with Crippen LogP contribution in [0.5, 0.6) is 0 Å². The van der Waals surface area contributed by atoms with Crippen molar-refractivity contribution in [3.8, 4) is 11.1 Å². The van der Waals surface area contributed by atoms with E-state index >= 15 is 0 Å². The van der Waals surface area contributed by atoms with Crippen molar-refractivity contribution in [1.29, 1.82) is 0 Å². The number of carbonyl (C=O) groups is 1. The Morgan fingerprint density at radius 3 is 2.46 bits per heavy atom. The van der Waals surface area contributed by atoms with Crippen LogP contribution in [-0.4, -0.2) is 33.8 Å². The number of carbonyl (C=O) groups excluding carboxylic acids is 1. The molecule has 3 heterocycles. The number of hydrogen-bond donors (Lipinski definition) is 1. The third-order valence-electron chi connectivity index (χ3n) is 5.12. The standard InChI is InChI=1S/C22H21N5O/c1-3-19-10-9-18(14-25-19)22(20(28)27(2)21(23)26-22)17-8-4-6-15(12-17)16-7-5-11-24-13-16/h4-14H,3H2,1-2H3,(H2,23,26). The smallest absolute Gasteiger partial charge is 0.266 e. The highest BCUT2D eigenvalue weighted by Crippen LogP contribution is 2.40. The van der Waals surface area contributed by atoms with Crippen LogP contribution in [0.2, 0.25) is 0 Å². The maximum atomic E-state index is 13.3. The second-order valence-corrected chi connectivity index (χ2v) is 6.76. The number of amides is 1. The largest absolute Gasteiger partial charge is 0.369 e. The van der Waals surface area contributed by atoms with Crippen LogP contribution in [0.25, 0.3) is 11.1 Å². The Labute approximate surface area is 163 Å². The van der Waals surface area contributed by atoms with E-state index in [1.165, 1.54) is 4.90 Å². The van der Waals surface area contributed by atoms with Gasteiger partial charge in [0, 0.05) is 36.9 Å². The molecule has 1 aromatic carbocycles. The molecule has 28 heavy (non-hydrogen) atoms. The maximum absolute atomic E-state index is 13.3. The lowest BCUT2D eigenvalue weighted by Gasteiger charge is -2.26. The van der Waals surface area contributed by atoms with Gasteiger partial charge in [0.15, 0.2) is 11.5 Å². The van der Waals surface area contributed by atoms with Crippen molar-refractivity contribution in [3.63, 3.8) is 0 Å². The van der Waals surface area contributed by atoms with Crippen LogP contribution in [0.3, 0.4) is 0 Å². The van der Waals surface area contributed by atoms with E-state index in [1.807, 2.05) is 55.5 Å². The minimum Gasteiger partial charge on any atom is -0.369 e. The summed E-state index contributed by atoms with van der Waals surface area (Å²) >= 11 is 0. The molecule has 6 nitrogen and oxygen atoms in total. The lowest BCUT2D eigenvalue weighted by Crippen LogP contribution is -2.41. The predicted octanol–water partition coefficient (Wildman–Crippen LogP) is 2.74. The van der Waals surface area contributed by atoms with Crippen molar-refractivity contribution >= 4 is 11.9 Å². The van der Waals surface area contributed by atoms with Crippen molar-refractivity contribution in [1.82, 2.24) is 14.9 Å². The molecule has 1 atom stereocenters. The molecule has 0 saturated heterocycles. The summed E-state index contributed by atoms with van der Waals surface area (Å²) in [6.45, 7) is 2.04. The molecule has 0 radical (unpaired) electrons. The van der Waals surface area contributed by atoms with Crippen LogP contribution < -0.4 is 5.73 Å². The van der Waals surface area contributed by atoms with Gasteiger partial charge in [0.2, 0.25) is 0 Å². The zero-order valence-electron chi connectivity index (χ0n) is 15.8. The normalized spacial score (nSPS) is 19.0. The summed E-state index contributed by atoms with van der Waals surface area (Å²) < 4.78 is 0. The van der Waals surface area contributed by atoms with Gasteiger partial charge in [-0.15, -0.1) is 0 Å². The van der Waals surface area contributed by atoms with E-state index < -0.39 is 5.54 Å². The van der Waals surface area contributed by atoms with Crippen molar-refractivity contribution in [2.75, 3.05) is 7.05 Å². The number of nitrogens with two attached hydrogens (primary N) is 1. The van der Waals surface area contributed by atoms with E-state index in [0.29, 0.717) is 5.56 Å². The first-order valence-corrected chi connectivity index (χ1v) is 9.16. The fourth-order valence-corrected chi connectivity index (χ4v) is 3.49. The highest BCUT2D eigenvalue weighted by molar-refractivity contribution is 6.09. The highest BCUT2D eigenvalue weighted by Gasteiger charge is 2.49. The molecule has 1 aliphatic rings. The van der Waals surface area contributed by atoms with Gasteiger partial charge >= 0.3 is 0 Å². The van der Waals surface area contributed by atoms with Crippen LogP contribution in [0.1, 0.15) is 23.7 Å². The Kier molecular flexibility index (Phi) is 4.39. The minimum atomic E-state index is -1.24. The fraction of sp³-hybridized carbons (Fsp3) is 0.182. The number of guanidine groups is 1. The lowest BCUT2D eigenvalue weighted by atomic mass is 9.82. The zero-order chi connectivity index (χ0) is 19.7. The highest BCUT2D eigenvalue weighted by atomic mass is 16.2. The summed E-state index contributed by atoms with van der Waals surface area (Å²) in [6, 6.07) is 15.5. The number of rotatable bonds is 4. The average Bonchev–Trinajstić information content (AvgIpc) is 2.99. The second-order valence-electron chi connectivity index (χ2n) is 6.76. The molecule has 1 unspecified atom stereocenters. The van der Waals surface area contributed by atoms with E-state index in [9.17, 15) is 4.79 Å². The summed E-state index contributed by atoms with van der Waals surface area (Å²) in [5.41, 5.74) is 9.14. The van der Waals surface area contributed by atoms with Crippen molar-refractivity contribution in [2.24, 2.45) is 10.7 Å². The molecule has 0 aliphatic carbocycles. The quantitative estimate of drug-likeness (QED) is 0.764. The third-order valence-corrected chi connectivity index (χ3v) is 5.12. The van der Waals surface area contributed by atoms with Crippen molar-refractivity contribution in [2.45, 2.75) is 18.9 Å². The number of aromatic nitrogens is 2. The molecular weight excluding hydrogens is 350 g/mol. The maximum Gasteiger partial charge on any atom is 0.266 e. The molecule has 0 fully saturated rings.